The molecule has 1 fully saturated rings. The Hall–Kier alpha value is -1.40. The molecule has 3 unspecified atom stereocenters. The van der Waals surface area contributed by atoms with Crippen LogP contribution >= 0.6 is 23.5 Å². The second kappa shape index (κ2) is 8.62. The Bertz CT molecular complexity index is 618. The third-order valence-electron chi connectivity index (χ3n) is 4.07. The number of allylic oxidation sites excluding steroid dienone is 1. The number of benzene rings is 1. The average molecular weight is 367 g/mol. The standard InChI is InChI=1S/C18H22O4S2/c1-5-22-18(20)17-15(11-6-8-12(21-2)9-7-11)16(17)13(19)10-14(23-3)24-4/h6-10,15-17H,5H2,1-4H3. The van der Waals surface area contributed by atoms with Crippen LogP contribution in [0.15, 0.2) is 34.6 Å². The summed E-state index contributed by atoms with van der Waals surface area (Å²) in [5.41, 5.74) is 0.968. The molecule has 0 saturated heterocycles. The van der Waals surface area contributed by atoms with Crippen molar-refractivity contribution in [3.8, 4) is 5.75 Å². The fourth-order valence-electron chi connectivity index (χ4n) is 2.85. The summed E-state index contributed by atoms with van der Waals surface area (Å²) in [4.78, 5) is 24.8. The summed E-state index contributed by atoms with van der Waals surface area (Å²) < 4.78 is 11.3. The smallest absolute Gasteiger partial charge is 0.310 e. The van der Waals surface area contributed by atoms with Crippen molar-refractivity contribution in [1.82, 2.24) is 0 Å². The molecule has 0 amide bonds. The van der Waals surface area contributed by atoms with E-state index in [1.54, 1.807) is 20.1 Å². The largest absolute Gasteiger partial charge is 0.497 e. The van der Waals surface area contributed by atoms with Gasteiger partial charge in [-0.3, -0.25) is 9.59 Å². The van der Waals surface area contributed by atoms with E-state index in [4.69, 9.17) is 9.47 Å². The molecule has 0 heterocycles. The van der Waals surface area contributed by atoms with Crippen molar-refractivity contribution in [2.24, 2.45) is 11.8 Å². The number of ether oxygens (including phenoxy) is 2. The second-order valence-electron chi connectivity index (χ2n) is 5.38. The van der Waals surface area contributed by atoms with E-state index in [0.29, 0.717) is 6.61 Å². The molecule has 0 aliphatic heterocycles. The highest BCUT2D eigenvalue weighted by Crippen LogP contribution is 2.55. The highest BCUT2D eigenvalue weighted by molar-refractivity contribution is 8.21. The van der Waals surface area contributed by atoms with E-state index in [2.05, 4.69) is 0 Å². The van der Waals surface area contributed by atoms with Gasteiger partial charge in [-0.05, 0) is 37.1 Å². The molecule has 130 valence electrons. The fourth-order valence-corrected chi connectivity index (χ4v) is 3.99. The summed E-state index contributed by atoms with van der Waals surface area (Å²) in [6.45, 7) is 2.10. The summed E-state index contributed by atoms with van der Waals surface area (Å²) in [6.07, 6.45) is 5.52. The number of ketones is 1. The van der Waals surface area contributed by atoms with Crippen LogP contribution in [-0.4, -0.2) is 38.0 Å². The molecule has 2 rings (SSSR count). The Balaban J connectivity index is 2.24. The van der Waals surface area contributed by atoms with Crippen molar-refractivity contribution >= 4 is 35.3 Å². The number of rotatable bonds is 8. The number of carbonyl (C=O) groups excluding carboxylic acids is 2. The van der Waals surface area contributed by atoms with Crippen LogP contribution in [0.25, 0.3) is 0 Å². The summed E-state index contributed by atoms with van der Waals surface area (Å²) in [7, 11) is 1.61. The predicted molar refractivity (Wildman–Crippen MR) is 99.5 cm³/mol. The van der Waals surface area contributed by atoms with Gasteiger partial charge in [-0.2, -0.15) is 0 Å². The number of hydrogen-bond donors (Lipinski definition) is 0. The van der Waals surface area contributed by atoms with Crippen LogP contribution in [0.1, 0.15) is 18.4 Å². The van der Waals surface area contributed by atoms with Gasteiger partial charge in [0.2, 0.25) is 0 Å². The maximum atomic E-state index is 12.6. The molecule has 1 aliphatic carbocycles. The Morgan fingerprint density at radius 1 is 1.12 bits per heavy atom. The first-order valence-corrected chi connectivity index (χ1v) is 10.2. The van der Waals surface area contributed by atoms with Crippen LogP contribution in [-0.2, 0) is 14.3 Å². The molecule has 1 aliphatic rings. The number of methoxy groups -OCH3 is 1. The quantitative estimate of drug-likeness (QED) is 0.516. The third-order valence-corrected chi connectivity index (χ3v) is 6.11. The van der Waals surface area contributed by atoms with Crippen LogP contribution in [0.3, 0.4) is 0 Å². The van der Waals surface area contributed by atoms with Crippen LogP contribution in [0.2, 0.25) is 0 Å². The second-order valence-corrected chi connectivity index (χ2v) is 7.33. The van der Waals surface area contributed by atoms with Gasteiger partial charge in [-0.25, -0.2) is 0 Å². The Morgan fingerprint density at radius 3 is 2.25 bits per heavy atom. The molecule has 6 heteroatoms. The van der Waals surface area contributed by atoms with Gasteiger partial charge in [0, 0.05) is 22.1 Å². The van der Waals surface area contributed by atoms with Gasteiger partial charge in [-0.1, -0.05) is 12.1 Å². The van der Waals surface area contributed by atoms with Crippen molar-refractivity contribution < 1.29 is 19.1 Å². The summed E-state index contributed by atoms with van der Waals surface area (Å²) in [6, 6.07) is 7.53. The molecule has 4 nitrogen and oxygen atoms in total. The maximum absolute atomic E-state index is 12.6. The Kier molecular flexibility index (Phi) is 6.80. The topological polar surface area (TPSA) is 52.6 Å². The van der Waals surface area contributed by atoms with Gasteiger partial charge >= 0.3 is 5.97 Å². The zero-order valence-corrected chi connectivity index (χ0v) is 15.9. The lowest BCUT2D eigenvalue weighted by atomic mass is 10.1. The van der Waals surface area contributed by atoms with Gasteiger partial charge in [0.05, 0.1) is 19.6 Å². The molecule has 0 radical (unpaired) electrons. The number of carbonyl (C=O) groups is 2. The van der Waals surface area contributed by atoms with Crippen molar-refractivity contribution in [2.45, 2.75) is 12.8 Å². The monoisotopic (exact) mass is 366 g/mol. The van der Waals surface area contributed by atoms with E-state index in [1.807, 2.05) is 36.8 Å². The fraction of sp³-hybridized carbons (Fsp3) is 0.444. The van der Waals surface area contributed by atoms with Crippen LogP contribution in [0.4, 0.5) is 0 Å². The molecular formula is C18H22O4S2. The lowest BCUT2D eigenvalue weighted by Crippen LogP contribution is -2.10. The molecule has 1 aromatic rings. The molecule has 0 aromatic heterocycles. The summed E-state index contributed by atoms with van der Waals surface area (Å²) >= 11 is 3.07. The molecule has 0 spiro atoms. The minimum absolute atomic E-state index is 0.00688. The van der Waals surface area contributed by atoms with Crippen LogP contribution in [0, 0.1) is 11.8 Å². The highest BCUT2D eigenvalue weighted by Gasteiger charge is 2.59. The highest BCUT2D eigenvalue weighted by atomic mass is 32.2. The van der Waals surface area contributed by atoms with Gasteiger partial charge < -0.3 is 9.47 Å². The zero-order valence-electron chi connectivity index (χ0n) is 14.3. The zero-order chi connectivity index (χ0) is 17.7. The van der Waals surface area contributed by atoms with E-state index in [0.717, 1.165) is 15.6 Å². The van der Waals surface area contributed by atoms with E-state index in [9.17, 15) is 9.59 Å². The predicted octanol–water partition coefficient (Wildman–Crippen LogP) is 3.72. The number of esters is 1. The van der Waals surface area contributed by atoms with E-state index < -0.39 is 5.92 Å². The molecule has 0 N–H and O–H groups in total. The van der Waals surface area contributed by atoms with E-state index in [-0.39, 0.29) is 23.6 Å². The lowest BCUT2D eigenvalue weighted by molar-refractivity contribution is -0.145. The lowest BCUT2D eigenvalue weighted by Gasteiger charge is -2.03. The van der Waals surface area contributed by atoms with Crippen LogP contribution in [0.5, 0.6) is 5.75 Å². The van der Waals surface area contributed by atoms with Crippen molar-refractivity contribution in [3.05, 3.63) is 40.1 Å². The summed E-state index contributed by atoms with van der Waals surface area (Å²) in [5.74, 6) is -0.406. The first-order valence-electron chi connectivity index (χ1n) is 7.71. The molecule has 24 heavy (non-hydrogen) atoms. The molecule has 1 saturated carbocycles. The summed E-state index contributed by atoms with van der Waals surface area (Å²) in [5, 5.41) is 0. The molecule has 1 aromatic carbocycles. The third kappa shape index (κ3) is 4.16. The molecule has 3 atom stereocenters. The minimum Gasteiger partial charge on any atom is -0.497 e. The first kappa shape index (κ1) is 18.9. The Morgan fingerprint density at radius 2 is 1.75 bits per heavy atom. The van der Waals surface area contributed by atoms with Crippen molar-refractivity contribution in [3.63, 3.8) is 0 Å². The van der Waals surface area contributed by atoms with Gasteiger partial charge in [-0.15, -0.1) is 23.5 Å². The normalized spacial score (nSPS) is 21.8. The van der Waals surface area contributed by atoms with Crippen molar-refractivity contribution in [1.29, 1.82) is 0 Å². The molecule has 0 bridgehead atoms. The van der Waals surface area contributed by atoms with Gasteiger partial charge in [0.1, 0.15) is 5.75 Å². The molecular weight excluding hydrogens is 344 g/mol. The van der Waals surface area contributed by atoms with Crippen LogP contribution < -0.4 is 4.74 Å². The van der Waals surface area contributed by atoms with Crippen molar-refractivity contribution in [2.75, 3.05) is 26.2 Å². The van der Waals surface area contributed by atoms with E-state index >= 15 is 0 Å². The van der Waals surface area contributed by atoms with Gasteiger partial charge in [0.15, 0.2) is 5.78 Å². The maximum Gasteiger partial charge on any atom is 0.310 e. The van der Waals surface area contributed by atoms with E-state index in [1.165, 1.54) is 23.5 Å². The SMILES string of the molecule is CCOC(=O)C1C(C(=O)C=C(SC)SC)C1c1ccc(OC)cc1. The Labute approximate surface area is 151 Å². The number of hydrogen-bond acceptors (Lipinski definition) is 6. The number of thioether (sulfide) groups is 2. The average Bonchev–Trinajstić information content (AvgIpc) is 3.35. The van der Waals surface area contributed by atoms with Gasteiger partial charge in [0.25, 0.3) is 0 Å². The first-order chi connectivity index (χ1) is 11.6. The minimum atomic E-state index is -0.396.